The largest absolute Gasteiger partial charge is 0.417 e. The Hall–Kier alpha value is -2.55. The normalized spacial score (nSPS) is 14.0. The summed E-state index contributed by atoms with van der Waals surface area (Å²) in [7, 11) is 0. The molecule has 0 bridgehead atoms. The van der Waals surface area contributed by atoms with Crippen molar-refractivity contribution in [3.63, 3.8) is 0 Å². The van der Waals surface area contributed by atoms with Gasteiger partial charge in [0.05, 0.1) is 34.1 Å². The molecule has 4 nitrogen and oxygen atoms in total. The van der Waals surface area contributed by atoms with Crippen LogP contribution in [0.25, 0.3) is 11.3 Å². The van der Waals surface area contributed by atoms with Crippen LogP contribution in [0.1, 0.15) is 28.9 Å². The lowest BCUT2D eigenvalue weighted by Gasteiger charge is -2.20. The third-order valence-electron chi connectivity index (χ3n) is 4.25. The Morgan fingerprint density at radius 2 is 1.64 bits per heavy atom. The second-order valence-corrected chi connectivity index (χ2v) is 6.50. The third kappa shape index (κ3) is 4.14. The molecule has 0 aliphatic carbocycles. The van der Waals surface area contributed by atoms with E-state index in [0.717, 1.165) is 6.07 Å². The van der Waals surface area contributed by atoms with E-state index in [4.69, 9.17) is 23.1 Å². The second kappa shape index (κ2) is 7.83. The highest BCUT2D eigenvalue weighted by Crippen LogP contribution is 2.36. The summed E-state index contributed by atoms with van der Waals surface area (Å²) in [6.45, 7) is 0. The molecule has 0 aliphatic rings. The van der Waals surface area contributed by atoms with Crippen LogP contribution in [0.4, 0.5) is 17.6 Å². The van der Waals surface area contributed by atoms with E-state index in [2.05, 4.69) is 9.97 Å². The number of hydrogen-bond donors (Lipinski definition) is 2. The number of halogens is 5. The molecule has 0 radical (unpaired) electrons. The van der Waals surface area contributed by atoms with E-state index < -0.39 is 34.7 Å². The lowest BCUT2D eigenvalue weighted by molar-refractivity contribution is -0.137. The summed E-state index contributed by atoms with van der Waals surface area (Å²) in [5, 5.41) is -0.447. The zero-order valence-corrected chi connectivity index (χ0v) is 15.0. The first-order valence-corrected chi connectivity index (χ1v) is 8.51. The Labute approximate surface area is 163 Å². The van der Waals surface area contributed by atoms with Gasteiger partial charge < -0.3 is 11.5 Å². The molecular weight excluding hydrogens is 396 g/mol. The number of nitrogens with zero attached hydrogens (tertiary/aromatic N) is 2. The molecule has 2 aromatic carbocycles. The zero-order chi connectivity index (χ0) is 20.5. The molecule has 3 aromatic rings. The minimum atomic E-state index is -4.55. The third-order valence-corrected chi connectivity index (χ3v) is 4.56. The molecule has 0 saturated carbocycles. The smallest absolute Gasteiger partial charge is 0.322 e. The van der Waals surface area contributed by atoms with Crippen molar-refractivity contribution in [2.24, 2.45) is 11.5 Å². The van der Waals surface area contributed by atoms with Crippen LogP contribution in [0, 0.1) is 5.82 Å². The van der Waals surface area contributed by atoms with Gasteiger partial charge in [-0.05, 0) is 24.3 Å². The van der Waals surface area contributed by atoms with E-state index in [1.165, 1.54) is 42.7 Å². The minimum absolute atomic E-state index is 0.229. The standard InChI is InChI=1S/C19H15ClF4N4/c20-13-7-10(5-6-12(13)19(22,23)24)15-8-16(28-9-27-15)18(26)17(25)11-3-1-2-4-14(11)21/h1-9,17-18H,25-26H2. The van der Waals surface area contributed by atoms with Crippen molar-refractivity contribution in [2.75, 3.05) is 0 Å². The molecule has 4 N–H and O–H groups in total. The number of benzene rings is 2. The van der Waals surface area contributed by atoms with Gasteiger partial charge in [0.25, 0.3) is 0 Å². The SMILES string of the molecule is NC(c1cc(-c2ccc(C(F)(F)F)c(Cl)c2)ncn1)C(N)c1ccccc1F. The Bertz CT molecular complexity index is 994. The van der Waals surface area contributed by atoms with Crippen LogP contribution in [0.2, 0.25) is 5.02 Å². The number of alkyl halides is 3. The lowest BCUT2D eigenvalue weighted by Crippen LogP contribution is -2.28. The van der Waals surface area contributed by atoms with Crippen LogP contribution < -0.4 is 11.5 Å². The van der Waals surface area contributed by atoms with E-state index in [9.17, 15) is 17.6 Å². The predicted octanol–water partition coefficient (Wildman–Crippen LogP) is 4.65. The van der Waals surface area contributed by atoms with E-state index in [0.29, 0.717) is 17.0 Å². The molecule has 1 heterocycles. The maximum atomic E-state index is 14.0. The topological polar surface area (TPSA) is 77.8 Å². The van der Waals surface area contributed by atoms with Crippen molar-refractivity contribution in [3.8, 4) is 11.3 Å². The maximum absolute atomic E-state index is 14.0. The fourth-order valence-corrected chi connectivity index (χ4v) is 3.03. The van der Waals surface area contributed by atoms with Crippen LogP contribution in [0.3, 0.4) is 0 Å². The summed E-state index contributed by atoms with van der Waals surface area (Å²) in [6.07, 6.45) is -3.34. The first-order valence-electron chi connectivity index (χ1n) is 8.13. The molecule has 2 atom stereocenters. The van der Waals surface area contributed by atoms with Gasteiger partial charge in [-0.3, -0.25) is 0 Å². The minimum Gasteiger partial charge on any atom is -0.322 e. The van der Waals surface area contributed by atoms with Crippen LogP contribution >= 0.6 is 11.6 Å². The van der Waals surface area contributed by atoms with Crippen LogP contribution in [-0.4, -0.2) is 9.97 Å². The fourth-order valence-electron chi connectivity index (χ4n) is 2.74. The van der Waals surface area contributed by atoms with Gasteiger partial charge in [0.15, 0.2) is 0 Å². The molecule has 2 unspecified atom stereocenters. The van der Waals surface area contributed by atoms with Gasteiger partial charge in [0, 0.05) is 11.1 Å². The maximum Gasteiger partial charge on any atom is 0.417 e. The Morgan fingerprint density at radius 3 is 2.29 bits per heavy atom. The van der Waals surface area contributed by atoms with E-state index in [1.807, 2.05) is 0 Å². The first-order chi connectivity index (χ1) is 13.2. The van der Waals surface area contributed by atoms with Gasteiger partial charge in [0.1, 0.15) is 12.1 Å². The Morgan fingerprint density at radius 1 is 0.929 bits per heavy atom. The molecule has 1 aromatic heterocycles. The van der Waals surface area contributed by atoms with Gasteiger partial charge in [0.2, 0.25) is 0 Å². The van der Waals surface area contributed by atoms with Crippen LogP contribution in [0.15, 0.2) is 54.9 Å². The summed E-state index contributed by atoms with van der Waals surface area (Å²) in [4.78, 5) is 8.12. The average Bonchev–Trinajstić information content (AvgIpc) is 2.66. The molecule has 9 heteroatoms. The Kier molecular flexibility index (Phi) is 5.64. The molecule has 146 valence electrons. The van der Waals surface area contributed by atoms with E-state index in [1.54, 1.807) is 6.07 Å². The predicted molar refractivity (Wildman–Crippen MR) is 97.7 cm³/mol. The zero-order valence-electron chi connectivity index (χ0n) is 14.3. The van der Waals surface area contributed by atoms with E-state index in [-0.39, 0.29) is 5.56 Å². The van der Waals surface area contributed by atoms with Crippen molar-refractivity contribution in [1.82, 2.24) is 9.97 Å². The van der Waals surface area contributed by atoms with Crippen LogP contribution in [-0.2, 0) is 6.18 Å². The van der Waals surface area contributed by atoms with Gasteiger partial charge in [-0.2, -0.15) is 13.2 Å². The summed E-state index contributed by atoms with van der Waals surface area (Å²) in [5.74, 6) is -0.491. The number of nitrogens with two attached hydrogens (primary N) is 2. The molecule has 0 saturated heterocycles. The molecule has 0 spiro atoms. The van der Waals surface area contributed by atoms with Gasteiger partial charge in [-0.25, -0.2) is 14.4 Å². The van der Waals surface area contributed by atoms with Crippen LogP contribution in [0.5, 0.6) is 0 Å². The lowest BCUT2D eigenvalue weighted by atomic mass is 9.97. The van der Waals surface area contributed by atoms with Gasteiger partial charge in [-0.15, -0.1) is 0 Å². The second-order valence-electron chi connectivity index (χ2n) is 6.09. The highest BCUT2D eigenvalue weighted by atomic mass is 35.5. The fraction of sp³-hybridized carbons (Fsp3) is 0.158. The van der Waals surface area contributed by atoms with Crippen molar-refractivity contribution in [3.05, 3.63) is 82.5 Å². The van der Waals surface area contributed by atoms with Crippen molar-refractivity contribution < 1.29 is 17.6 Å². The molecule has 0 aliphatic heterocycles. The Balaban J connectivity index is 1.92. The molecule has 0 amide bonds. The number of aromatic nitrogens is 2. The first kappa shape index (κ1) is 20.2. The highest BCUT2D eigenvalue weighted by Gasteiger charge is 2.33. The van der Waals surface area contributed by atoms with Crippen molar-refractivity contribution >= 4 is 11.6 Å². The average molecular weight is 411 g/mol. The molecule has 28 heavy (non-hydrogen) atoms. The van der Waals surface area contributed by atoms with Gasteiger partial charge in [-0.1, -0.05) is 35.9 Å². The number of rotatable bonds is 4. The summed E-state index contributed by atoms with van der Waals surface area (Å²) >= 11 is 5.76. The van der Waals surface area contributed by atoms with Gasteiger partial charge >= 0.3 is 6.18 Å². The van der Waals surface area contributed by atoms with E-state index >= 15 is 0 Å². The van der Waals surface area contributed by atoms with Crippen molar-refractivity contribution in [1.29, 1.82) is 0 Å². The monoisotopic (exact) mass is 410 g/mol. The molecule has 3 rings (SSSR count). The molecular formula is C19H15ClF4N4. The summed E-state index contributed by atoms with van der Waals surface area (Å²) in [5.41, 5.74) is 12.5. The summed E-state index contributed by atoms with van der Waals surface area (Å²) < 4.78 is 52.6. The van der Waals surface area contributed by atoms with Crippen molar-refractivity contribution in [2.45, 2.75) is 18.3 Å². The molecule has 0 fully saturated rings. The quantitative estimate of drug-likeness (QED) is 0.613. The number of hydrogen-bond acceptors (Lipinski definition) is 4. The summed E-state index contributed by atoms with van der Waals surface area (Å²) in [6, 6.07) is 9.03. The highest BCUT2D eigenvalue weighted by molar-refractivity contribution is 6.31.